The van der Waals surface area contributed by atoms with Gasteiger partial charge in [0.2, 0.25) is 0 Å². The second-order valence-corrected chi connectivity index (χ2v) is 6.68. The van der Waals surface area contributed by atoms with Crippen LogP contribution in [0.4, 0.5) is 18.0 Å². The summed E-state index contributed by atoms with van der Waals surface area (Å²) in [5.41, 5.74) is -0.996. The lowest BCUT2D eigenvalue weighted by atomic mass is 10.0. The van der Waals surface area contributed by atoms with E-state index in [-0.39, 0.29) is 18.6 Å². The van der Waals surface area contributed by atoms with Crippen molar-refractivity contribution < 1.29 is 27.4 Å². The van der Waals surface area contributed by atoms with Crippen molar-refractivity contribution in [2.75, 3.05) is 26.8 Å². The molecule has 0 saturated carbocycles. The second-order valence-electron chi connectivity index (χ2n) is 6.36. The summed E-state index contributed by atoms with van der Waals surface area (Å²) >= 11 is 5.19. The zero-order valence-electron chi connectivity index (χ0n) is 13.7. The molecule has 0 aromatic heterocycles. The maximum Gasteiger partial charge on any atom is 0.406 e. The lowest BCUT2D eigenvalue weighted by Crippen LogP contribution is -2.40. The Morgan fingerprint density at radius 1 is 1.09 bits per heavy atom. The Morgan fingerprint density at radius 3 is 2.05 bits per heavy atom. The highest BCUT2D eigenvalue weighted by Gasteiger charge is 2.33. The van der Waals surface area contributed by atoms with E-state index < -0.39 is 23.7 Å². The molecule has 22 heavy (non-hydrogen) atoms. The predicted octanol–water partition coefficient (Wildman–Crippen LogP) is 4.21. The molecule has 0 aromatic rings. The first-order valence-electron chi connectivity index (χ1n) is 6.98. The number of carbonyl (C=O) groups excluding carboxylic acids is 1. The molecule has 132 valence electrons. The van der Waals surface area contributed by atoms with Crippen LogP contribution < -0.4 is 0 Å². The van der Waals surface area contributed by atoms with Crippen molar-refractivity contribution >= 4 is 17.0 Å². The molecule has 0 aliphatic carbocycles. The zero-order chi connectivity index (χ0) is 17.6. The fourth-order valence-corrected chi connectivity index (χ4v) is 1.74. The second kappa shape index (κ2) is 8.36. The SMILES string of the molecule is COC(C)(C)CCOC(C)(C)CCN(CC(F)(F)F)C(=O)Cl. The topological polar surface area (TPSA) is 38.8 Å². The van der Waals surface area contributed by atoms with Crippen LogP contribution in [0.1, 0.15) is 40.5 Å². The fourth-order valence-electron chi connectivity index (χ4n) is 1.60. The highest BCUT2D eigenvalue weighted by molar-refractivity contribution is 6.62. The van der Waals surface area contributed by atoms with Crippen molar-refractivity contribution in [3.8, 4) is 0 Å². The Bertz CT molecular complexity index is 360. The Balaban J connectivity index is 4.36. The Kier molecular flexibility index (Phi) is 8.16. The molecule has 0 heterocycles. The van der Waals surface area contributed by atoms with E-state index >= 15 is 0 Å². The molecule has 0 aliphatic rings. The maximum absolute atomic E-state index is 12.4. The summed E-state index contributed by atoms with van der Waals surface area (Å²) in [4.78, 5) is 11.6. The third kappa shape index (κ3) is 10.2. The molecule has 0 rings (SSSR count). The van der Waals surface area contributed by atoms with Crippen LogP contribution in [0, 0.1) is 0 Å². The van der Waals surface area contributed by atoms with Crippen LogP contribution in [0.3, 0.4) is 0 Å². The van der Waals surface area contributed by atoms with Gasteiger partial charge < -0.3 is 14.4 Å². The lowest BCUT2D eigenvalue weighted by Gasteiger charge is -2.31. The third-order valence-electron chi connectivity index (χ3n) is 3.35. The molecule has 4 nitrogen and oxygen atoms in total. The van der Waals surface area contributed by atoms with Gasteiger partial charge >= 0.3 is 11.5 Å². The number of halogens is 4. The van der Waals surface area contributed by atoms with Crippen LogP contribution in [0.5, 0.6) is 0 Å². The average molecular weight is 348 g/mol. The van der Waals surface area contributed by atoms with Crippen molar-refractivity contribution in [3.05, 3.63) is 0 Å². The molecule has 0 aromatic carbocycles. The highest BCUT2D eigenvalue weighted by atomic mass is 35.5. The first-order valence-corrected chi connectivity index (χ1v) is 7.36. The molecule has 0 fully saturated rings. The molecule has 0 bridgehead atoms. The number of alkyl halides is 3. The predicted molar refractivity (Wildman–Crippen MR) is 79.2 cm³/mol. The zero-order valence-corrected chi connectivity index (χ0v) is 14.5. The molecule has 0 radical (unpaired) electrons. The summed E-state index contributed by atoms with van der Waals surface area (Å²) in [5.74, 6) is 0. The van der Waals surface area contributed by atoms with E-state index in [1.807, 2.05) is 13.8 Å². The number of methoxy groups -OCH3 is 1. The summed E-state index contributed by atoms with van der Waals surface area (Å²) in [7, 11) is 1.60. The van der Waals surface area contributed by atoms with Crippen LogP contribution >= 0.6 is 11.6 Å². The molecule has 0 N–H and O–H groups in total. The van der Waals surface area contributed by atoms with Crippen molar-refractivity contribution in [2.24, 2.45) is 0 Å². The Labute approximate surface area is 134 Å². The summed E-state index contributed by atoms with van der Waals surface area (Å²) < 4.78 is 48.0. The van der Waals surface area contributed by atoms with Gasteiger partial charge in [-0.05, 0) is 52.1 Å². The van der Waals surface area contributed by atoms with Gasteiger partial charge in [0.15, 0.2) is 0 Å². The Morgan fingerprint density at radius 2 is 1.64 bits per heavy atom. The Hall–Kier alpha value is -0.530. The van der Waals surface area contributed by atoms with E-state index in [1.165, 1.54) is 0 Å². The standard InChI is InChI=1S/C14H25ClF3NO3/c1-12(2,21-5)7-9-22-13(3,4)6-8-19(11(15)20)10-14(16,17)18/h6-10H2,1-5H3. The first kappa shape index (κ1) is 21.5. The summed E-state index contributed by atoms with van der Waals surface area (Å²) in [6, 6.07) is 0. The van der Waals surface area contributed by atoms with E-state index in [1.54, 1.807) is 21.0 Å². The fraction of sp³-hybridized carbons (Fsp3) is 0.929. The van der Waals surface area contributed by atoms with Gasteiger partial charge in [0.25, 0.3) is 0 Å². The minimum absolute atomic E-state index is 0.123. The number of amides is 1. The van der Waals surface area contributed by atoms with Crippen molar-refractivity contribution in [1.82, 2.24) is 4.90 Å². The maximum atomic E-state index is 12.4. The van der Waals surface area contributed by atoms with Crippen molar-refractivity contribution in [1.29, 1.82) is 0 Å². The van der Waals surface area contributed by atoms with Gasteiger partial charge in [0.05, 0.1) is 17.8 Å². The number of rotatable bonds is 9. The summed E-state index contributed by atoms with van der Waals surface area (Å²) in [6.07, 6.45) is -3.58. The molecule has 8 heteroatoms. The molecular formula is C14H25ClF3NO3. The number of hydrogen-bond acceptors (Lipinski definition) is 3. The van der Waals surface area contributed by atoms with Gasteiger partial charge in [-0.1, -0.05) is 0 Å². The van der Waals surface area contributed by atoms with E-state index in [2.05, 4.69) is 0 Å². The molecule has 1 amide bonds. The molecule has 0 spiro atoms. The quantitative estimate of drug-likeness (QED) is 0.463. The lowest BCUT2D eigenvalue weighted by molar-refractivity contribution is -0.141. The van der Waals surface area contributed by atoms with Crippen molar-refractivity contribution in [3.63, 3.8) is 0 Å². The van der Waals surface area contributed by atoms with Crippen LogP contribution in [0.25, 0.3) is 0 Å². The van der Waals surface area contributed by atoms with Gasteiger partial charge in [0.1, 0.15) is 6.54 Å². The first-order chi connectivity index (χ1) is 9.78. The number of carbonyl (C=O) groups is 1. The van der Waals surface area contributed by atoms with Crippen molar-refractivity contribution in [2.45, 2.75) is 57.9 Å². The highest BCUT2D eigenvalue weighted by Crippen LogP contribution is 2.22. The van der Waals surface area contributed by atoms with E-state index in [0.29, 0.717) is 17.9 Å². The van der Waals surface area contributed by atoms with Gasteiger partial charge in [-0.15, -0.1) is 0 Å². The summed E-state index contributed by atoms with van der Waals surface area (Å²) in [5, 5.41) is -1.12. The van der Waals surface area contributed by atoms with E-state index in [9.17, 15) is 18.0 Å². The van der Waals surface area contributed by atoms with Gasteiger partial charge in [-0.2, -0.15) is 13.2 Å². The van der Waals surface area contributed by atoms with Crippen LogP contribution in [0.15, 0.2) is 0 Å². The van der Waals surface area contributed by atoms with Gasteiger partial charge in [-0.25, -0.2) is 0 Å². The molecular weight excluding hydrogens is 323 g/mol. The largest absolute Gasteiger partial charge is 0.406 e. The molecule has 0 aliphatic heterocycles. The van der Waals surface area contributed by atoms with Gasteiger partial charge in [-0.3, -0.25) is 4.79 Å². The minimum Gasteiger partial charge on any atom is -0.379 e. The monoisotopic (exact) mass is 347 g/mol. The molecule has 0 unspecified atom stereocenters. The van der Waals surface area contributed by atoms with Gasteiger partial charge in [0, 0.05) is 13.7 Å². The third-order valence-corrected chi connectivity index (χ3v) is 3.59. The summed E-state index contributed by atoms with van der Waals surface area (Å²) in [6.45, 7) is 6.28. The minimum atomic E-state index is -4.47. The average Bonchev–Trinajstić information content (AvgIpc) is 2.32. The van der Waals surface area contributed by atoms with Crippen LogP contribution in [-0.4, -0.2) is 54.5 Å². The molecule has 0 atom stereocenters. The number of hydrogen-bond donors (Lipinski definition) is 0. The normalized spacial score (nSPS) is 13.3. The van der Waals surface area contributed by atoms with Crippen LogP contribution in [0.2, 0.25) is 0 Å². The molecule has 0 saturated heterocycles. The van der Waals surface area contributed by atoms with E-state index in [0.717, 1.165) is 0 Å². The van der Waals surface area contributed by atoms with Crippen LogP contribution in [-0.2, 0) is 9.47 Å². The number of ether oxygens (including phenoxy) is 2. The smallest absolute Gasteiger partial charge is 0.379 e. The number of nitrogens with zero attached hydrogens (tertiary/aromatic N) is 1. The van der Waals surface area contributed by atoms with E-state index in [4.69, 9.17) is 21.1 Å².